The third-order valence-corrected chi connectivity index (χ3v) is 7.18. The lowest BCUT2D eigenvalue weighted by Gasteiger charge is -2.24. The number of aromatic nitrogens is 2. The minimum absolute atomic E-state index is 0.238. The number of hydrogen-bond acceptors (Lipinski definition) is 6. The molecule has 1 atom stereocenters. The molecule has 162 valence electrons. The minimum atomic E-state index is -3.70. The molecule has 9 heteroatoms. The van der Waals surface area contributed by atoms with Gasteiger partial charge < -0.3 is 10.1 Å². The number of anilines is 2. The highest BCUT2D eigenvalue weighted by Crippen LogP contribution is 2.37. The van der Waals surface area contributed by atoms with Crippen LogP contribution >= 0.6 is 0 Å². The van der Waals surface area contributed by atoms with Gasteiger partial charge in [-0.1, -0.05) is 6.07 Å². The summed E-state index contributed by atoms with van der Waals surface area (Å²) in [6, 6.07) is 12.7. The van der Waals surface area contributed by atoms with Crippen molar-refractivity contribution in [2.75, 3.05) is 19.0 Å². The molecule has 7 nitrogen and oxygen atoms in total. The van der Waals surface area contributed by atoms with E-state index in [1.807, 2.05) is 19.1 Å². The molecule has 0 radical (unpaired) electrons. The molecule has 1 fully saturated rings. The van der Waals surface area contributed by atoms with Crippen molar-refractivity contribution in [1.82, 2.24) is 14.3 Å². The summed E-state index contributed by atoms with van der Waals surface area (Å²) < 4.78 is 46.6. The van der Waals surface area contributed by atoms with Gasteiger partial charge in [-0.05, 0) is 67.8 Å². The Hall–Kier alpha value is -3.04. The van der Waals surface area contributed by atoms with E-state index in [0.29, 0.717) is 36.0 Å². The van der Waals surface area contributed by atoms with Crippen LogP contribution in [-0.4, -0.2) is 36.3 Å². The van der Waals surface area contributed by atoms with E-state index >= 15 is 0 Å². The summed E-state index contributed by atoms with van der Waals surface area (Å²) in [5, 5.41) is 3.03. The van der Waals surface area contributed by atoms with Crippen LogP contribution in [-0.2, 0) is 10.0 Å². The molecule has 4 rings (SSSR count). The molecule has 3 aromatic rings. The fourth-order valence-corrected chi connectivity index (χ4v) is 5.51. The number of methoxy groups -OCH3 is 1. The van der Waals surface area contributed by atoms with Gasteiger partial charge in [0.15, 0.2) is 0 Å². The molecule has 0 spiro atoms. The lowest BCUT2D eigenvalue weighted by Crippen LogP contribution is -2.31. The first-order valence-corrected chi connectivity index (χ1v) is 11.3. The SMILES string of the molecule is COc1ccc(S(=O)(=O)N2CCC[C@@H]2c2cccc(Nc3ccc(F)cn3)n2)cc1C. The van der Waals surface area contributed by atoms with Gasteiger partial charge >= 0.3 is 0 Å². The van der Waals surface area contributed by atoms with E-state index in [0.717, 1.165) is 18.2 Å². The molecule has 1 saturated heterocycles. The fraction of sp³-hybridized carbons (Fsp3) is 0.273. The van der Waals surface area contributed by atoms with Gasteiger partial charge in [0.25, 0.3) is 0 Å². The Morgan fingerprint density at radius 3 is 2.71 bits per heavy atom. The fourth-order valence-electron chi connectivity index (χ4n) is 3.76. The van der Waals surface area contributed by atoms with Gasteiger partial charge in [-0.15, -0.1) is 0 Å². The topological polar surface area (TPSA) is 84.4 Å². The summed E-state index contributed by atoms with van der Waals surface area (Å²) in [5.74, 6) is 1.19. The summed E-state index contributed by atoms with van der Waals surface area (Å²) in [7, 11) is -2.14. The second kappa shape index (κ2) is 8.60. The van der Waals surface area contributed by atoms with E-state index in [2.05, 4.69) is 15.3 Å². The van der Waals surface area contributed by atoms with E-state index in [1.54, 1.807) is 31.4 Å². The number of halogens is 1. The Morgan fingerprint density at radius 2 is 2.00 bits per heavy atom. The van der Waals surface area contributed by atoms with Gasteiger partial charge in [-0.3, -0.25) is 0 Å². The molecular formula is C22H23FN4O3S. The van der Waals surface area contributed by atoms with Gasteiger partial charge in [-0.25, -0.2) is 22.8 Å². The van der Waals surface area contributed by atoms with Gasteiger partial charge in [0.05, 0.1) is 29.9 Å². The number of nitrogens with one attached hydrogen (secondary N) is 1. The van der Waals surface area contributed by atoms with Gasteiger partial charge in [0.2, 0.25) is 10.0 Å². The minimum Gasteiger partial charge on any atom is -0.496 e. The quantitative estimate of drug-likeness (QED) is 0.616. The maximum Gasteiger partial charge on any atom is 0.243 e. The van der Waals surface area contributed by atoms with Crippen molar-refractivity contribution in [3.63, 3.8) is 0 Å². The third-order valence-electron chi connectivity index (χ3n) is 5.27. The van der Waals surface area contributed by atoms with Crippen LogP contribution in [0.1, 0.15) is 30.1 Å². The molecule has 3 heterocycles. The average molecular weight is 443 g/mol. The third kappa shape index (κ3) is 4.38. The molecule has 0 bridgehead atoms. The van der Waals surface area contributed by atoms with Crippen LogP contribution in [0.5, 0.6) is 5.75 Å². The molecule has 1 aliphatic rings. The maximum atomic E-state index is 13.4. The Labute approximate surface area is 181 Å². The monoisotopic (exact) mass is 442 g/mol. The number of sulfonamides is 1. The maximum absolute atomic E-state index is 13.4. The summed E-state index contributed by atoms with van der Waals surface area (Å²) in [6.45, 7) is 2.25. The first kappa shape index (κ1) is 21.2. The van der Waals surface area contributed by atoms with E-state index in [1.165, 1.54) is 16.4 Å². The summed E-state index contributed by atoms with van der Waals surface area (Å²) in [4.78, 5) is 8.82. The molecule has 0 saturated carbocycles. The Morgan fingerprint density at radius 1 is 1.16 bits per heavy atom. The Balaban J connectivity index is 1.61. The highest BCUT2D eigenvalue weighted by atomic mass is 32.2. The molecule has 31 heavy (non-hydrogen) atoms. The van der Waals surface area contributed by atoms with Gasteiger partial charge in [0, 0.05) is 6.54 Å². The molecule has 0 aliphatic carbocycles. The average Bonchev–Trinajstić information content (AvgIpc) is 3.26. The van der Waals surface area contributed by atoms with Crippen LogP contribution in [0.4, 0.5) is 16.0 Å². The molecule has 1 aromatic carbocycles. The zero-order valence-corrected chi connectivity index (χ0v) is 18.1. The van der Waals surface area contributed by atoms with Crippen LogP contribution < -0.4 is 10.1 Å². The molecule has 0 unspecified atom stereocenters. The van der Waals surface area contributed by atoms with Crippen LogP contribution in [0.3, 0.4) is 0 Å². The molecule has 2 aromatic heterocycles. The van der Waals surface area contributed by atoms with Crippen molar-refractivity contribution in [3.05, 3.63) is 71.8 Å². The summed E-state index contributed by atoms with van der Waals surface area (Å²) in [6.07, 6.45) is 2.55. The molecule has 1 aliphatic heterocycles. The normalized spacial score (nSPS) is 16.9. The number of pyridine rings is 2. The predicted molar refractivity (Wildman–Crippen MR) is 115 cm³/mol. The Kier molecular flexibility index (Phi) is 5.88. The van der Waals surface area contributed by atoms with Crippen molar-refractivity contribution >= 4 is 21.7 Å². The Bertz CT molecular complexity index is 1190. The van der Waals surface area contributed by atoms with Crippen LogP contribution in [0.25, 0.3) is 0 Å². The highest BCUT2D eigenvalue weighted by molar-refractivity contribution is 7.89. The smallest absolute Gasteiger partial charge is 0.243 e. The zero-order valence-electron chi connectivity index (χ0n) is 17.2. The number of rotatable bonds is 6. The lowest BCUT2D eigenvalue weighted by atomic mass is 10.1. The molecule has 1 N–H and O–H groups in total. The first-order valence-electron chi connectivity index (χ1n) is 9.90. The first-order chi connectivity index (χ1) is 14.9. The van der Waals surface area contributed by atoms with E-state index in [-0.39, 0.29) is 10.9 Å². The van der Waals surface area contributed by atoms with E-state index in [4.69, 9.17) is 4.74 Å². The largest absolute Gasteiger partial charge is 0.496 e. The number of aryl methyl sites for hydroxylation is 1. The van der Waals surface area contributed by atoms with E-state index in [9.17, 15) is 12.8 Å². The highest BCUT2D eigenvalue weighted by Gasteiger charge is 2.37. The lowest BCUT2D eigenvalue weighted by molar-refractivity contribution is 0.390. The second-order valence-electron chi connectivity index (χ2n) is 7.34. The van der Waals surface area contributed by atoms with E-state index < -0.39 is 15.8 Å². The predicted octanol–water partition coefficient (Wildman–Crippen LogP) is 4.20. The molecule has 0 amide bonds. The summed E-state index contributed by atoms with van der Waals surface area (Å²) >= 11 is 0. The van der Waals surface area contributed by atoms with Crippen molar-refractivity contribution in [2.45, 2.75) is 30.7 Å². The van der Waals surface area contributed by atoms with Gasteiger partial charge in [0.1, 0.15) is 23.2 Å². The van der Waals surface area contributed by atoms with Crippen LogP contribution in [0.2, 0.25) is 0 Å². The second-order valence-corrected chi connectivity index (χ2v) is 9.23. The van der Waals surface area contributed by atoms with Crippen molar-refractivity contribution in [1.29, 1.82) is 0 Å². The van der Waals surface area contributed by atoms with Crippen LogP contribution in [0, 0.1) is 12.7 Å². The van der Waals surface area contributed by atoms with Gasteiger partial charge in [-0.2, -0.15) is 4.31 Å². The molecular weight excluding hydrogens is 419 g/mol. The van der Waals surface area contributed by atoms with Crippen molar-refractivity contribution < 1.29 is 17.5 Å². The summed E-state index contributed by atoms with van der Waals surface area (Å²) in [5.41, 5.74) is 1.41. The standard InChI is InChI=1S/C22H23FN4O3S/c1-15-13-17(9-10-20(15)30-2)31(28,29)27-12-4-6-19(27)18-5-3-7-22(25-18)26-21-11-8-16(23)14-24-21/h3,5,7-11,13-14,19H,4,6,12H2,1-2H3,(H,24,25,26)/t19-/m1/s1. The zero-order chi connectivity index (χ0) is 22.0. The number of ether oxygens (including phenoxy) is 1. The number of benzene rings is 1. The number of hydrogen-bond donors (Lipinski definition) is 1. The van der Waals surface area contributed by atoms with Crippen molar-refractivity contribution in [2.24, 2.45) is 0 Å². The number of nitrogens with zero attached hydrogens (tertiary/aromatic N) is 3. The van der Waals surface area contributed by atoms with Crippen LogP contribution in [0.15, 0.2) is 59.6 Å². The van der Waals surface area contributed by atoms with Crippen molar-refractivity contribution in [3.8, 4) is 5.75 Å².